The summed E-state index contributed by atoms with van der Waals surface area (Å²) in [6.07, 6.45) is 6.23. The summed E-state index contributed by atoms with van der Waals surface area (Å²) in [4.78, 5) is 3.76. The molecule has 51 valence electrons. The molecule has 0 aromatic carbocycles. The predicted octanol–water partition coefficient (Wildman–Crippen LogP) is 1.48. The van der Waals surface area contributed by atoms with Crippen LogP contribution in [0.25, 0.3) is 0 Å². The van der Waals surface area contributed by atoms with E-state index in [0.29, 0.717) is 0 Å². The van der Waals surface area contributed by atoms with Crippen molar-refractivity contribution in [2.45, 2.75) is 0 Å². The Morgan fingerprint density at radius 2 is 2.70 bits per heavy atom. The van der Waals surface area contributed by atoms with E-state index in [1.54, 1.807) is 18.3 Å². The molecule has 0 aliphatic heterocycles. The standard InChI is InChI=1S/C8H9N2/c1-2-5-10-8-3-6-9-7-4-8/h2-4,6H,1,5H2,(H,9,10). The predicted molar refractivity (Wildman–Crippen MR) is 41.8 cm³/mol. The third-order valence-corrected chi connectivity index (χ3v) is 1.07. The van der Waals surface area contributed by atoms with Gasteiger partial charge in [0.25, 0.3) is 0 Å². The third kappa shape index (κ3) is 1.90. The smallest absolute Gasteiger partial charge is 0.0907 e. The fourth-order valence-corrected chi connectivity index (χ4v) is 0.616. The molecule has 2 heteroatoms. The molecule has 1 heterocycles. The van der Waals surface area contributed by atoms with Crippen molar-refractivity contribution in [1.29, 1.82) is 0 Å². The fourth-order valence-electron chi connectivity index (χ4n) is 0.616. The van der Waals surface area contributed by atoms with Crippen LogP contribution in [0.5, 0.6) is 0 Å². The summed E-state index contributed by atoms with van der Waals surface area (Å²) in [5, 5.41) is 3.10. The monoisotopic (exact) mass is 133 g/mol. The van der Waals surface area contributed by atoms with Gasteiger partial charge < -0.3 is 5.32 Å². The maximum atomic E-state index is 3.76. The van der Waals surface area contributed by atoms with Gasteiger partial charge >= 0.3 is 0 Å². The highest BCUT2D eigenvalue weighted by Crippen LogP contribution is 2.00. The van der Waals surface area contributed by atoms with Crippen LogP contribution in [0.1, 0.15) is 0 Å². The molecule has 0 bridgehead atoms. The van der Waals surface area contributed by atoms with Crippen molar-refractivity contribution in [1.82, 2.24) is 4.98 Å². The van der Waals surface area contributed by atoms with Crippen molar-refractivity contribution in [3.8, 4) is 0 Å². The van der Waals surface area contributed by atoms with Crippen LogP contribution in [0.3, 0.4) is 0 Å². The largest absolute Gasteiger partial charge is 0.381 e. The van der Waals surface area contributed by atoms with Gasteiger partial charge in [0.05, 0.1) is 6.20 Å². The van der Waals surface area contributed by atoms with Gasteiger partial charge in [-0.1, -0.05) is 6.08 Å². The summed E-state index contributed by atoms with van der Waals surface area (Å²) in [5.41, 5.74) is 1.02. The van der Waals surface area contributed by atoms with E-state index in [2.05, 4.69) is 23.1 Å². The zero-order valence-corrected chi connectivity index (χ0v) is 5.67. The minimum atomic E-state index is 0.776. The Morgan fingerprint density at radius 1 is 1.80 bits per heavy atom. The Bertz CT molecular complexity index is 194. The van der Waals surface area contributed by atoms with Gasteiger partial charge in [0.15, 0.2) is 0 Å². The van der Waals surface area contributed by atoms with Crippen molar-refractivity contribution < 1.29 is 0 Å². The van der Waals surface area contributed by atoms with E-state index in [0.717, 1.165) is 12.2 Å². The lowest BCUT2D eigenvalue weighted by atomic mass is 10.4. The zero-order chi connectivity index (χ0) is 7.23. The molecule has 1 radical (unpaired) electrons. The van der Waals surface area contributed by atoms with E-state index in [-0.39, 0.29) is 0 Å². The maximum absolute atomic E-state index is 3.76. The van der Waals surface area contributed by atoms with E-state index in [1.807, 2.05) is 6.07 Å². The van der Waals surface area contributed by atoms with Crippen LogP contribution in [0.15, 0.2) is 31.0 Å². The van der Waals surface area contributed by atoms with E-state index < -0.39 is 0 Å². The van der Waals surface area contributed by atoms with Crippen LogP contribution in [0, 0.1) is 6.20 Å². The maximum Gasteiger partial charge on any atom is 0.0907 e. The summed E-state index contributed by atoms with van der Waals surface area (Å²) >= 11 is 0. The number of hydrogen-bond acceptors (Lipinski definition) is 2. The highest BCUT2D eigenvalue weighted by Gasteiger charge is 1.84. The highest BCUT2D eigenvalue weighted by atomic mass is 14.9. The Balaban J connectivity index is 2.50. The van der Waals surface area contributed by atoms with Crippen molar-refractivity contribution in [2.75, 3.05) is 11.9 Å². The van der Waals surface area contributed by atoms with Crippen molar-refractivity contribution >= 4 is 5.69 Å². The van der Waals surface area contributed by atoms with Gasteiger partial charge in [0.2, 0.25) is 0 Å². The van der Waals surface area contributed by atoms with Crippen LogP contribution in [0.2, 0.25) is 0 Å². The first-order chi connectivity index (χ1) is 4.93. The van der Waals surface area contributed by atoms with Crippen LogP contribution in [0.4, 0.5) is 5.69 Å². The second-order valence-electron chi connectivity index (χ2n) is 1.84. The third-order valence-electron chi connectivity index (χ3n) is 1.07. The van der Waals surface area contributed by atoms with Gasteiger partial charge in [-0.15, -0.1) is 6.58 Å². The number of nitrogens with one attached hydrogen (secondary N) is 1. The Labute approximate surface area is 60.6 Å². The molecule has 0 unspecified atom stereocenters. The summed E-state index contributed by atoms with van der Waals surface area (Å²) in [5.74, 6) is 0. The number of hydrogen-bond donors (Lipinski definition) is 1. The van der Waals surface area contributed by atoms with Gasteiger partial charge in [-0.25, -0.2) is 0 Å². The SMILES string of the molecule is C=CCNc1c[c]ncc1. The van der Waals surface area contributed by atoms with Crippen LogP contribution >= 0.6 is 0 Å². The van der Waals surface area contributed by atoms with Gasteiger partial charge in [-0.05, 0) is 12.1 Å². The van der Waals surface area contributed by atoms with Gasteiger partial charge in [-0.3, -0.25) is 4.98 Å². The minimum Gasteiger partial charge on any atom is -0.381 e. The highest BCUT2D eigenvalue weighted by molar-refractivity contribution is 5.40. The molecule has 0 aliphatic carbocycles. The second-order valence-corrected chi connectivity index (χ2v) is 1.84. The quantitative estimate of drug-likeness (QED) is 0.632. The van der Waals surface area contributed by atoms with E-state index in [9.17, 15) is 0 Å². The molecular weight excluding hydrogens is 124 g/mol. The molecular formula is C8H9N2. The van der Waals surface area contributed by atoms with Crippen molar-refractivity contribution in [2.24, 2.45) is 0 Å². The fraction of sp³-hybridized carbons (Fsp3) is 0.125. The van der Waals surface area contributed by atoms with E-state index in [4.69, 9.17) is 0 Å². The van der Waals surface area contributed by atoms with Crippen molar-refractivity contribution in [3.05, 3.63) is 37.2 Å². The molecule has 10 heavy (non-hydrogen) atoms. The van der Waals surface area contributed by atoms with E-state index >= 15 is 0 Å². The summed E-state index contributed by atoms with van der Waals surface area (Å²) in [7, 11) is 0. The molecule has 0 saturated heterocycles. The summed E-state index contributed by atoms with van der Waals surface area (Å²) in [6, 6.07) is 3.68. The van der Waals surface area contributed by atoms with E-state index in [1.165, 1.54) is 0 Å². The lowest BCUT2D eigenvalue weighted by Crippen LogP contribution is -1.96. The summed E-state index contributed by atoms with van der Waals surface area (Å²) < 4.78 is 0. The van der Waals surface area contributed by atoms with Gasteiger partial charge in [-0.2, -0.15) is 0 Å². The number of anilines is 1. The van der Waals surface area contributed by atoms with Crippen LogP contribution in [-0.4, -0.2) is 11.5 Å². The molecule has 1 N–H and O–H groups in total. The Morgan fingerprint density at radius 3 is 3.30 bits per heavy atom. The molecule has 1 aromatic rings. The first-order valence-electron chi connectivity index (χ1n) is 3.10. The number of aromatic nitrogens is 1. The molecule has 1 rings (SSSR count). The topological polar surface area (TPSA) is 24.9 Å². The number of rotatable bonds is 3. The molecule has 0 spiro atoms. The van der Waals surface area contributed by atoms with Crippen LogP contribution in [-0.2, 0) is 0 Å². The minimum absolute atomic E-state index is 0.776. The molecule has 0 fully saturated rings. The molecule has 0 amide bonds. The molecule has 1 aromatic heterocycles. The first kappa shape index (κ1) is 6.81. The van der Waals surface area contributed by atoms with Gasteiger partial charge in [0.1, 0.15) is 0 Å². The first-order valence-corrected chi connectivity index (χ1v) is 3.10. The molecule has 0 saturated carbocycles. The van der Waals surface area contributed by atoms with Crippen LogP contribution < -0.4 is 5.32 Å². The number of pyridine rings is 1. The molecule has 0 aliphatic rings. The second kappa shape index (κ2) is 3.67. The average molecular weight is 133 g/mol. The summed E-state index contributed by atoms with van der Waals surface area (Å²) in [6.45, 7) is 4.36. The number of nitrogens with zero attached hydrogens (tertiary/aromatic N) is 1. The lowest BCUT2D eigenvalue weighted by Gasteiger charge is -1.99. The zero-order valence-electron chi connectivity index (χ0n) is 5.67. The van der Waals surface area contributed by atoms with Gasteiger partial charge in [0, 0.05) is 18.4 Å². The van der Waals surface area contributed by atoms with Crippen molar-refractivity contribution in [3.63, 3.8) is 0 Å². The molecule has 2 nitrogen and oxygen atoms in total. The molecule has 0 atom stereocenters. The Hall–Kier alpha value is -1.31. The average Bonchev–Trinajstić information content (AvgIpc) is 2.03. The Kier molecular flexibility index (Phi) is 2.49. The lowest BCUT2D eigenvalue weighted by molar-refractivity contribution is 1.27. The normalized spacial score (nSPS) is 8.80.